The number of aliphatic hydroxyl groups excluding tert-OH is 1. The van der Waals surface area contributed by atoms with Crippen molar-refractivity contribution in [2.24, 2.45) is 11.7 Å². The summed E-state index contributed by atoms with van der Waals surface area (Å²) < 4.78 is 0. The fourth-order valence-electron chi connectivity index (χ4n) is 2.10. The normalized spacial score (nSPS) is 27.6. The lowest BCUT2D eigenvalue weighted by atomic mass is 10.0. The van der Waals surface area contributed by atoms with Crippen LogP contribution in [-0.2, 0) is 4.79 Å². The molecule has 1 fully saturated rings. The highest BCUT2D eigenvalue weighted by Gasteiger charge is 2.25. The number of carbonyl (C=O) groups excluding carboxylic acids is 1. The van der Waals surface area contributed by atoms with Crippen LogP contribution in [0.15, 0.2) is 0 Å². The Morgan fingerprint density at radius 3 is 2.94 bits per heavy atom. The van der Waals surface area contributed by atoms with Gasteiger partial charge in [-0.05, 0) is 31.7 Å². The zero-order valence-electron chi connectivity index (χ0n) is 10.8. The average molecular weight is 243 g/mol. The fourth-order valence-corrected chi connectivity index (χ4v) is 2.10. The molecule has 0 aromatic carbocycles. The van der Waals surface area contributed by atoms with Crippen molar-refractivity contribution in [3.63, 3.8) is 0 Å². The van der Waals surface area contributed by atoms with Crippen molar-refractivity contribution < 1.29 is 9.90 Å². The summed E-state index contributed by atoms with van der Waals surface area (Å²) in [7, 11) is 0. The molecule has 3 atom stereocenters. The Morgan fingerprint density at radius 2 is 2.29 bits per heavy atom. The first-order valence-electron chi connectivity index (χ1n) is 6.45. The van der Waals surface area contributed by atoms with Gasteiger partial charge in [0.25, 0.3) is 0 Å². The maximum Gasteiger partial charge on any atom is 0.237 e. The summed E-state index contributed by atoms with van der Waals surface area (Å²) in [6.07, 6.45) is 1.91. The number of rotatable bonds is 4. The Morgan fingerprint density at radius 1 is 1.59 bits per heavy atom. The number of nitrogens with one attached hydrogen (secondary N) is 2. The third-order valence-electron chi connectivity index (χ3n) is 3.08. The lowest BCUT2D eigenvalue weighted by molar-refractivity contribution is -0.124. The summed E-state index contributed by atoms with van der Waals surface area (Å²) in [6, 6.07) is -0.644. The van der Waals surface area contributed by atoms with Crippen LogP contribution >= 0.6 is 0 Å². The van der Waals surface area contributed by atoms with Crippen LogP contribution in [0.3, 0.4) is 0 Å². The van der Waals surface area contributed by atoms with Crippen molar-refractivity contribution in [3.8, 4) is 0 Å². The van der Waals surface area contributed by atoms with Crippen LogP contribution in [0.2, 0.25) is 0 Å². The van der Waals surface area contributed by atoms with Crippen molar-refractivity contribution in [1.82, 2.24) is 10.6 Å². The third kappa shape index (κ3) is 5.02. The lowest BCUT2D eigenvalue weighted by Gasteiger charge is -2.23. The SMILES string of the molecule is CC(C)CC(N)C(=O)NC1CCCNCC1O. The van der Waals surface area contributed by atoms with E-state index < -0.39 is 12.1 Å². The van der Waals surface area contributed by atoms with Crippen LogP contribution in [-0.4, -0.2) is 42.3 Å². The topological polar surface area (TPSA) is 87.4 Å². The van der Waals surface area contributed by atoms with E-state index in [1.165, 1.54) is 0 Å². The van der Waals surface area contributed by atoms with Crippen molar-refractivity contribution in [2.75, 3.05) is 13.1 Å². The second-order valence-corrected chi connectivity index (χ2v) is 5.26. The monoisotopic (exact) mass is 243 g/mol. The Labute approximate surface area is 103 Å². The molecule has 0 radical (unpaired) electrons. The highest BCUT2D eigenvalue weighted by Crippen LogP contribution is 2.08. The maximum atomic E-state index is 11.8. The molecule has 0 bridgehead atoms. The standard InChI is InChI=1S/C12H25N3O2/c1-8(2)6-9(13)12(17)15-10-4-3-5-14-7-11(10)16/h8-11,14,16H,3-7,13H2,1-2H3,(H,15,17). The van der Waals surface area contributed by atoms with Gasteiger partial charge in [-0.15, -0.1) is 0 Å². The highest BCUT2D eigenvalue weighted by molar-refractivity contribution is 5.81. The molecule has 0 aliphatic carbocycles. The van der Waals surface area contributed by atoms with Gasteiger partial charge in [0.15, 0.2) is 0 Å². The van der Waals surface area contributed by atoms with E-state index in [-0.39, 0.29) is 11.9 Å². The first-order chi connectivity index (χ1) is 8.00. The molecule has 1 aliphatic rings. The summed E-state index contributed by atoms with van der Waals surface area (Å²) in [5.41, 5.74) is 5.81. The molecule has 1 rings (SSSR count). The molecule has 1 heterocycles. The van der Waals surface area contributed by atoms with Gasteiger partial charge in [0.05, 0.1) is 18.2 Å². The summed E-state index contributed by atoms with van der Waals surface area (Å²) in [6.45, 7) is 5.50. The van der Waals surface area contributed by atoms with Crippen LogP contribution < -0.4 is 16.4 Å². The van der Waals surface area contributed by atoms with Crippen LogP contribution in [0.1, 0.15) is 33.1 Å². The zero-order valence-corrected chi connectivity index (χ0v) is 10.8. The largest absolute Gasteiger partial charge is 0.390 e. The Bertz CT molecular complexity index is 246. The predicted octanol–water partition coefficient (Wildman–Crippen LogP) is -0.411. The first kappa shape index (κ1) is 14.4. The van der Waals surface area contributed by atoms with E-state index in [1.54, 1.807) is 0 Å². The van der Waals surface area contributed by atoms with Crippen LogP contribution in [0.5, 0.6) is 0 Å². The number of amides is 1. The maximum absolute atomic E-state index is 11.8. The number of β-amino-alcohol motifs (C(OH)–C–C–N with tert-alkyl or cyclic N) is 1. The molecule has 5 N–H and O–H groups in total. The van der Waals surface area contributed by atoms with E-state index in [0.717, 1.165) is 19.4 Å². The van der Waals surface area contributed by atoms with Crippen molar-refractivity contribution in [2.45, 2.75) is 51.3 Å². The Hall–Kier alpha value is -0.650. The van der Waals surface area contributed by atoms with E-state index in [0.29, 0.717) is 18.9 Å². The van der Waals surface area contributed by atoms with E-state index >= 15 is 0 Å². The molecule has 0 spiro atoms. The second kappa shape index (κ2) is 6.93. The van der Waals surface area contributed by atoms with E-state index in [4.69, 9.17) is 5.73 Å². The fraction of sp³-hybridized carbons (Fsp3) is 0.917. The number of aliphatic hydroxyl groups is 1. The smallest absolute Gasteiger partial charge is 0.237 e. The highest BCUT2D eigenvalue weighted by atomic mass is 16.3. The predicted molar refractivity (Wildman–Crippen MR) is 67.5 cm³/mol. The number of hydrogen-bond donors (Lipinski definition) is 4. The van der Waals surface area contributed by atoms with Crippen molar-refractivity contribution >= 4 is 5.91 Å². The molecular weight excluding hydrogens is 218 g/mol. The summed E-state index contributed by atoms with van der Waals surface area (Å²) in [5, 5.41) is 15.8. The Balaban J connectivity index is 2.42. The summed E-state index contributed by atoms with van der Waals surface area (Å²) >= 11 is 0. The van der Waals surface area contributed by atoms with Gasteiger partial charge in [-0.25, -0.2) is 0 Å². The molecular formula is C12H25N3O2. The molecule has 5 nitrogen and oxygen atoms in total. The van der Waals surface area contributed by atoms with Gasteiger partial charge in [-0.1, -0.05) is 13.8 Å². The molecule has 100 valence electrons. The van der Waals surface area contributed by atoms with Gasteiger partial charge < -0.3 is 21.5 Å². The zero-order chi connectivity index (χ0) is 12.8. The molecule has 0 saturated carbocycles. The van der Waals surface area contributed by atoms with Gasteiger partial charge >= 0.3 is 0 Å². The molecule has 0 aromatic heterocycles. The average Bonchev–Trinajstić information content (AvgIpc) is 2.43. The first-order valence-corrected chi connectivity index (χ1v) is 6.45. The third-order valence-corrected chi connectivity index (χ3v) is 3.08. The minimum atomic E-state index is -0.521. The molecule has 5 heteroatoms. The quantitative estimate of drug-likeness (QED) is 0.540. The second-order valence-electron chi connectivity index (χ2n) is 5.26. The summed E-state index contributed by atoms with van der Waals surface area (Å²) in [5.74, 6) is 0.251. The van der Waals surface area contributed by atoms with Crippen molar-refractivity contribution in [3.05, 3.63) is 0 Å². The number of hydrogen-bond acceptors (Lipinski definition) is 4. The number of nitrogens with two attached hydrogens (primary N) is 1. The number of carbonyl (C=O) groups is 1. The van der Waals surface area contributed by atoms with E-state index in [1.807, 2.05) is 13.8 Å². The molecule has 1 saturated heterocycles. The van der Waals surface area contributed by atoms with Crippen LogP contribution in [0, 0.1) is 5.92 Å². The lowest BCUT2D eigenvalue weighted by Crippen LogP contribution is -2.51. The van der Waals surface area contributed by atoms with Gasteiger partial charge in [0, 0.05) is 6.54 Å². The van der Waals surface area contributed by atoms with Gasteiger partial charge in [-0.3, -0.25) is 4.79 Å². The minimum Gasteiger partial charge on any atom is -0.390 e. The molecule has 1 aliphatic heterocycles. The van der Waals surface area contributed by atoms with E-state index in [9.17, 15) is 9.90 Å². The molecule has 17 heavy (non-hydrogen) atoms. The van der Waals surface area contributed by atoms with Gasteiger partial charge in [-0.2, -0.15) is 0 Å². The van der Waals surface area contributed by atoms with Gasteiger partial charge in [0.2, 0.25) is 5.91 Å². The Kier molecular flexibility index (Phi) is 5.88. The van der Waals surface area contributed by atoms with Gasteiger partial charge in [0.1, 0.15) is 0 Å². The summed E-state index contributed by atoms with van der Waals surface area (Å²) in [4.78, 5) is 11.8. The molecule has 3 unspecified atom stereocenters. The molecule has 1 amide bonds. The van der Waals surface area contributed by atoms with Crippen molar-refractivity contribution in [1.29, 1.82) is 0 Å². The minimum absolute atomic E-state index is 0.148. The van der Waals surface area contributed by atoms with Crippen LogP contribution in [0.25, 0.3) is 0 Å². The molecule has 0 aromatic rings. The van der Waals surface area contributed by atoms with Crippen LogP contribution in [0.4, 0.5) is 0 Å². The van der Waals surface area contributed by atoms with E-state index in [2.05, 4.69) is 10.6 Å².